The first-order valence-electron chi connectivity index (χ1n) is 3.75. The number of benzene rings is 1. The first-order chi connectivity index (χ1) is 6.58. The monoisotopic (exact) mass is 212 g/mol. The molecule has 1 aromatic carbocycles. The van der Waals surface area contributed by atoms with Crippen molar-refractivity contribution in [3.8, 4) is 0 Å². The van der Waals surface area contributed by atoms with Crippen LogP contribution < -0.4 is 11.5 Å². The largest absolute Gasteiger partial charge is 0.383 e. The van der Waals surface area contributed by atoms with Gasteiger partial charge in [-0.15, -0.1) is 0 Å². The van der Waals surface area contributed by atoms with E-state index in [2.05, 4.69) is 9.97 Å². The van der Waals surface area contributed by atoms with Crippen LogP contribution in [0.3, 0.4) is 0 Å². The summed E-state index contributed by atoms with van der Waals surface area (Å²) >= 11 is 5.65. The first-order valence-corrected chi connectivity index (χ1v) is 4.13. The second kappa shape index (κ2) is 2.95. The van der Waals surface area contributed by atoms with E-state index in [1.807, 2.05) is 0 Å². The lowest BCUT2D eigenvalue weighted by Gasteiger charge is -2.03. The zero-order valence-electron chi connectivity index (χ0n) is 6.96. The molecule has 0 saturated heterocycles. The fourth-order valence-corrected chi connectivity index (χ4v) is 1.40. The van der Waals surface area contributed by atoms with Gasteiger partial charge in [0, 0.05) is 10.4 Å². The minimum absolute atomic E-state index is 0.0591. The Morgan fingerprint density at radius 2 is 1.93 bits per heavy atom. The van der Waals surface area contributed by atoms with Crippen molar-refractivity contribution in [1.29, 1.82) is 0 Å². The van der Waals surface area contributed by atoms with Crippen molar-refractivity contribution < 1.29 is 4.39 Å². The summed E-state index contributed by atoms with van der Waals surface area (Å²) in [5.41, 5.74) is 11.0. The Morgan fingerprint density at radius 1 is 1.21 bits per heavy atom. The van der Waals surface area contributed by atoms with Crippen molar-refractivity contribution >= 4 is 34.3 Å². The molecule has 0 aliphatic heterocycles. The molecule has 0 spiro atoms. The molecule has 4 nitrogen and oxygen atoms in total. The standard InChI is InChI=1S/C8H6ClFN4/c9-3-1-4-6(5(10)2-3)13-8(12)14-7(4)11/h1-2H,(H4,11,12,13,14). The van der Waals surface area contributed by atoms with Crippen molar-refractivity contribution in [2.24, 2.45) is 0 Å². The lowest BCUT2D eigenvalue weighted by atomic mass is 10.2. The Hall–Kier alpha value is -1.62. The molecule has 0 saturated carbocycles. The molecule has 0 amide bonds. The molecule has 6 heteroatoms. The van der Waals surface area contributed by atoms with Gasteiger partial charge in [-0.25, -0.2) is 9.37 Å². The van der Waals surface area contributed by atoms with Gasteiger partial charge in [-0.1, -0.05) is 11.6 Å². The fourth-order valence-electron chi connectivity index (χ4n) is 1.20. The lowest BCUT2D eigenvalue weighted by Crippen LogP contribution is -2.01. The van der Waals surface area contributed by atoms with Gasteiger partial charge in [0.05, 0.1) is 0 Å². The van der Waals surface area contributed by atoms with Gasteiger partial charge in [0.15, 0.2) is 5.82 Å². The first kappa shape index (κ1) is 8.96. The van der Waals surface area contributed by atoms with E-state index < -0.39 is 5.82 Å². The second-order valence-corrected chi connectivity index (χ2v) is 3.19. The van der Waals surface area contributed by atoms with E-state index in [4.69, 9.17) is 23.1 Å². The molecule has 0 aliphatic carbocycles. The van der Waals surface area contributed by atoms with Crippen molar-refractivity contribution in [2.45, 2.75) is 0 Å². The van der Waals surface area contributed by atoms with Gasteiger partial charge in [0.2, 0.25) is 5.95 Å². The van der Waals surface area contributed by atoms with Crippen molar-refractivity contribution in [1.82, 2.24) is 9.97 Å². The minimum atomic E-state index is -0.562. The maximum absolute atomic E-state index is 13.3. The zero-order chi connectivity index (χ0) is 10.3. The predicted octanol–water partition coefficient (Wildman–Crippen LogP) is 1.59. The van der Waals surface area contributed by atoms with E-state index >= 15 is 0 Å². The van der Waals surface area contributed by atoms with Gasteiger partial charge in [-0.3, -0.25) is 0 Å². The highest BCUT2D eigenvalue weighted by Crippen LogP contribution is 2.25. The summed E-state index contributed by atoms with van der Waals surface area (Å²) in [6.45, 7) is 0. The molecule has 2 aromatic rings. The fraction of sp³-hybridized carbons (Fsp3) is 0. The third-order valence-corrected chi connectivity index (χ3v) is 1.98. The molecule has 0 radical (unpaired) electrons. The maximum Gasteiger partial charge on any atom is 0.222 e. The van der Waals surface area contributed by atoms with E-state index in [1.54, 1.807) is 0 Å². The predicted molar refractivity (Wildman–Crippen MR) is 53.3 cm³/mol. The molecule has 72 valence electrons. The topological polar surface area (TPSA) is 77.8 Å². The zero-order valence-corrected chi connectivity index (χ0v) is 7.72. The Kier molecular flexibility index (Phi) is 1.89. The summed E-state index contributed by atoms with van der Waals surface area (Å²) < 4.78 is 13.3. The third kappa shape index (κ3) is 1.31. The highest BCUT2D eigenvalue weighted by atomic mass is 35.5. The van der Waals surface area contributed by atoms with E-state index in [1.165, 1.54) is 6.07 Å². The van der Waals surface area contributed by atoms with Crippen LogP contribution in [0.2, 0.25) is 5.02 Å². The van der Waals surface area contributed by atoms with Crippen LogP contribution in [0.15, 0.2) is 12.1 Å². The molecule has 0 unspecified atom stereocenters. The van der Waals surface area contributed by atoms with Crippen molar-refractivity contribution in [2.75, 3.05) is 11.5 Å². The Morgan fingerprint density at radius 3 is 2.64 bits per heavy atom. The van der Waals surface area contributed by atoms with E-state index in [9.17, 15) is 4.39 Å². The average Bonchev–Trinajstić information content (AvgIpc) is 2.07. The molecular weight excluding hydrogens is 207 g/mol. The van der Waals surface area contributed by atoms with Gasteiger partial charge in [-0.05, 0) is 12.1 Å². The number of nitrogens with two attached hydrogens (primary N) is 2. The minimum Gasteiger partial charge on any atom is -0.383 e. The molecule has 0 bridgehead atoms. The van der Waals surface area contributed by atoms with Gasteiger partial charge in [0.1, 0.15) is 11.3 Å². The van der Waals surface area contributed by atoms with Crippen molar-refractivity contribution in [3.05, 3.63) is 23.0 Å². The normalized spacial score (nSPS) is 10.7. The summed E-state index contributed by atoms with van der Waals surface area (Å²) in [5, 5.41) is 0.610. The highest BCUT2D eigenvalue weighted by molar-refractivity contribution is 6.31. The van der Waals surface area contributed by atoms with Crippen LogP contribution in [0.1, 0.15) is 0 Å². The summed E-state index contributed by atoms with van der Waals surface area (Å²) in [6, 6.07) is 2.64. The number of nitrogens with zero attached hydrogens (tertiary/aromatic N) is 2. The van der Waals surface area contributed by atoms with Crippen LogP contribution in [-0.2, 0) is 0 Å². The average molecular weight is 213 g/mol. The van der Waals surface area contributed by atoms with Crippen LogP contribution in [0.25, 0.3) is 10.9 Å². The lowest BCUT2D eigenvalue weighted by molar-refractivity contribution is 0.637. The number of anilines is 2. The molecule has 2 rings (SSSR count). The number of hydrogen-bond donors (Lipinski definition) is 2. The summed E-state index contributed by atoms with van der Waals surface area (Å²) in [4.78, 5) is 7.43. The second-order valence-electron chi connectivity index (χ2n) is 2.75. The van der Waals surface area contributed by atoms with Crippen LogP contribution >= 0.6 is 11.6 Å². The number of rotatable bonds is 0. The highest BCUT2D eigenvalue weighted by Gasteiger charge is 2.09. The van der Waals surface area contributed by atoms with E-state index in [0.717, 1.165) is 6.07 Å². The SMILES string of the molecule is Nc1nc(N)c2cc(Cl)cc(F)c2n1. The quantitative estimate of drug-likeness (QED) is 0.695. The van der Waals surface area contributed by atoms with E-state index in [0.29, 0.717) is 5.39 Å². The molecule has 1 heterocycles. The third-order valence-electron chi connectivity index (χ3n) is 1.77. The summed E-state index contributed by atoms with van der Waals surface area (Å²) in [7, 11) is 0. The Bertz CT molecular complexity index is 467. The molecule has 4 N–H and O–H groups in total. The number of nitrogen functional groups attached to an aromatic ring is 2. The summed E-state index contributed by atoms with van der Waals surface area (Å²) in [6.07, 6.45) is 0. The molecule has 0 atom stereocenters. The van der Waals surface area contributed by atoms with Crippen LogP contribution in [0.5, 0.6) is 0 Å². The van der Waals surface area contributed by atoms with Crippen molar-refractivity contribution in [3.63, 3.8) is 0 Å². The molecular formula is C8H6ClFN4. The number of aromatic nitrogens is 2. The number of hydrogen-bond acceptors (Lipinski definition) is 4. The van der Waals surface area contributed by atoms with Crippen LogP contribution in [0, 0.1) is 5.82 Å². The van der Waals surface area contributed by atoms with Gasteiger partial charge in [-0.2, -0.15) is 4.98 Å². The molecule has 14 heavy (non-hydrogen) atoms. The Labute approximate surface area is 83.7 Å². The number of fused-ring (bicyclic) bond motifs is 1. The molecule has 1 aromatic heterocycles. The molecule has 0 fully saturated rings. The summed E-state index contributed by atoms with van der Waals surface area (Å²) in [5.74, 6) is -0.501. The van der Waals surface area contributed by atoms with Gasteiger partial charge >= 0.3 is 0 Å². The smallest absolute Gasteiger partial charge is 0.222 e. The molecule has 0 aliphatic rings. The van der Waals surface area contributed by atoms with Gasteiger partial charge < -0.3 is 11.5 Å². The maximum atomic E-state index is 13.3. The van der Waals surface area contributed by atoms with Gasteiger partial charge in [0.25, 0.3) is 0 Å². The Balaban J connectivity index is 2.94. The van der Waals surface area contributed by atoms with Crippen LogP contribution in [0.4, 0.5) is 16.2 Å². The van der Waals surface area contributed by atoms with Crippen LogP contribution in [-0.4, -0.2) is 9.97 Å². The van der Waals surface area contributed by atoms with E-state index in [-0.39, 0.29) is 22.3 Å². The number of halogens is 2.